The summed E-state index contributed by atoms with van der Waals surface area (Å²) < 4.78 is 6.01. The minimum atomic E-state index is -0.863. The lowest BCUT2D eigenvalue weighted by Gasteiger charge is -2.18. The van der Waals surface area contributed by atoms with Crippen molar-refractivity contribution in [2.75, 3.05) is 25.5 Å². The van der Waals surface area contributed by atoms with Gasteiger partial charge in [0.05, 0.1) is 18.7 Å². The van der Waals surface area contributed by atoms with Gasteiger partial charge in [0.1, 0.15) is 5.75 Å². The molecular weight excluding hydrogens is 340 g/mol. The molecule has 2 N–H and O–H groups in total. The maximum Gasteiger partial charge on any atom is 0.321 e. The largest absolute Gasteiger partial charge is 0.495 e. The van der Waals surface area contributed by atoms with Crippen molar-refractivity contribution >= 4 is 33.6 Å². The summed E-state index contributed by atoms with van der Waals surface area (Å²) in [7, 11) is 1.53. The molecule has 0 aromatic heterocycles. The SMILES string of the molecule is COc1ccc(Br)cc1NC(=O)N1CC(C)C(C(=O)O)C1. The average Bonchev–Trinajstić information content (AvgIpc) is 2.81. The summed E-state index contributed by atoms with van der Waals surface area (Å²) in [6.07, 6.45) is 0. The lowest BCUT2D eigenvalue weighted by atomic mass is 9.99. The molecule has 2 unspecified atom stereocenters. The summed E-state index contributed by atoms with van der Waals surface area (Å²) in [5.74, 6) is -0.885. The van der Waals surface area contributed by atoms with Crippen LogP contribution >= 0.6 is 15.9 Å². The number of rotatable bonds is 3. The zero-order valence-corrected chi connectivity index (χ0v) is 13.4. The fraction of sp³-hybridized carbons (Fsp3) is 0.429. The van der Waals surface area contributed by atoms with Crippen molar-refractivity contribution in [3.8, 4) is 5.75 Å². The molecule has 1 aliphatic rings. The Morgan fingerprint density at radius 1 is 1.43 bits per heavy atom. The second-order valence-electron chi connectivity index (χ2n) is 5.10. The highest BCUT2D eigenvalue weighted by Crippen LogP contribution is 2.29. The Hall–Kier alpha value is -1.76. The van der Waals surface area contributed by atoms with E-state index in [1.165, 1.54) is 12.0 Å². The van der Waals surface area contributed by atoms with Crippen molar-refractivity contribution in [3.05, 3.63) is 22.7 Å². The normalized spacial score (nSPS) is 21.2. The third-order valence-corrected chi connectivity index (χ3v) is 4.11. The number of anilines is 1. The van der Waals surface area contributed by atoms with Gasteiger partial charge in [-0.1, -0.05) is 22.9 Å². The van der Waals surface area contributed by atoms with Crippen molar-refractivity contribution in [2.24, 2.45) is 11.8 Å². The number of hydrogen-bond donors (Lipinski definition) is 2. The van der Waals surface area contributed by atoms with Gasteiger partial charge in [-0.3, -0.25) is 4.79 Å². The summed E-state index contributed by atoms with van der Waals surface area (Å²) in [4.78, 5) is 24.9. The summed E-state index contributed by atoms with van der Waals surface area (Å²) in [5, 5.41) is 11.9. The highest BCUT2D eigenvalue weighted by atomic mass is 79.9. The quantitative estimate of drug-likeness (QED) is 0.872. The van der Waals surface area contributed by atoms with E-state index in [9.17, 15) is 9.59 Å². The number of halogens is 1. The van der Waals surface area contributed by atoms with E-state index in [1.54, 1.807) is 12.1 Å². The van der Waals surface area contributed by atoms with E-state index in [0.717, 1.165) is 4.47 Å². The van der Waals surface area contributed by atoms with E-state index < -0.39 is 11.9 Å². The van der Waals surface area contributed by atoms with Crippen molar-refractivity contribution in [3.63, 3.8) is 0 Å². The molecule has 0 bridgehead atoms. The number of likely N-dealkylation sites (tertiary alicyclic amines) is 1. The van der Waals surface area contributed by atoms with Crippen molar-refractivity contribution in [2.45, 2.75) is 6.92 Å². The summed E-state index contributed by atoms with van der Waals surface area (Å²) in [5.41, 5.74) is 0.545. The Balaban J connectivity index is 2.09. The highest BCUT2D eigenvalue weighted by Gasteiger charge is 2.37. The molecule has 1 aromatic rings. The summed E-state index contributed by atoms with van der Waals surface area (Å²) >= 11 is 3.34. The molecule has 1 aliphatic heterocycles. The molecule has 0 radical (unpaired) electrons. The number of nitrogens with zero attached hydrogens (tertiary/aromatic N) is 1. The first-order chi connectivity index (χ1) is 9.92. The molecule has 1 fully saturated rings. The van der Waals surface area contributed by atoms with Crippen LogP contribution < -0.4 is 10.1 Å². The number of nitrogens with one attached hydrogen (secondary N) is 1. The van der Waals surface area contributed by atoms with Crippen LogP contribution in [0.15, 0.2) is 22.7 Å². The second-order valence-corrected chi connectivity index (χ2v) is 6.02. The van der Waals surface area contributed by atoms with Gasteiger partial charge in [0.15, 0.2) is 0 Å². The van der Waals surface area contributed by atoms with Crippen LogP contribution in [0.3, 0.4) is 0 Å². The number of carbonyl (C=O) groups is 2. The zero-order chi connectivity index (χ0) is 15.6. The van der Waals surface area contributed by atoms with Crippen LogP contribution in [-0.2, 0) is 4.79 Å². The Bertz CT molecular complexity index is 564. The number of aliphatic carboxylic acids is 1. The van der Waals surface area contributed by atoms with Gasteiger partial charge < -0.3 is 20.1 Å². The highest BCUT2D eigenvalue weighted by molar-refractivity contribution is 9.10. The molecule has 1 aromatic carbocycles. The van der Waals surface area contributed by atoms with Crippen LogP contribution in [0.1, 0.15) is 6.92 Å². The maximum absolute atomic E-state index is 12.3. The second kappa shape index (κ2) is 6.34. The number of carboxylic acids is 1. The first kappa shape index (κ1) is 15.6. The molecule has 2 atom stereocenters. The van der Waals surface area contributed by atoms with E-state index in [0.29, 0.717) is 18.0 Å². The maximum atomic E-state index is 12.3. The first-order valence-electron chi connectivity index (χ1n) is 6.54. The number of methoxy groups -OCH3 is 1. The van der Waals surface area contributed by atoms with Crippen LogP contribution in [0.4, 0.5) is 10.5 Å². The molecule has 0 aliphatic carbocycles. The van der Waals surface area contributed by atoms with Gasteiger partial charge in [-0.2, -0.15) is 0 Å². The van der Waals surface area contributed by atoms with Crippen LogP contribution in [0.2, 0.25) is 0 Å². The number of hydrogen-bond acceptors (Lipinski definition) is 3. The van der Waals surface area contributed by atoms with E-state index in [2.05, 4.69) is 21.2 Å². The molecule has 1 heterocycles. The van der Waals surface area contributed by atoms with E-state index >= 15 is 0 Å². The van der Waals surface area contributed by atoms with Crippen LogP contribution in [0.25, 0.3) is 0 Å². The molecule has 6 nitrogen and oxygen atoms in total. The number of carbonyl (C=O) groups excluding carboxylic acids is 1. The predicted octanol–water partition coefficient (Wildman–Crippen LogP) is 2.64. The third-order valence-electron chi connectivity index (χ3n) is 3.62. The molecule has 114 valence electrons. The Labute approximate surface area is 131 Å². The molecule has 21 heavy (non-hydrogen) atoms. The van der Waals surface area contributed by atoms with E-state index in [4.69, 9.17) is 9.84 Å². The van der Waals surface area contributed by atoms with Gasteiger partial charge in [-0.15, -0.1) is 0 Å². The van der Waals surface area contributed by atoms with Crippen LogP contribution in [0.5, 0.6) is 5.75 Å². The smallest absolute Gasteiger partial charge is 0.321 e. The fourth-order valence-electron chi connectivity index (χ4n) is 2.43. The molecule has 0 saturated carbocycles. The number of urea groups is 1. The Kier molecular flexibility index (Phi) is 4.72. The number of amides is 2. The minimum Gasteiger partial charge on any atom is -0.495 e. The molecular formula is C14H17BrN2O4. The summed E-state index contributed by atoms with van der Waals surface area (Å²) in [6.45, 7) is 2.49. The van der Waals surface area contributed by atoms with Crippen molar-refractivity contribution < 1.29 is 19.4 Å². The van der Waals surface area contributed by atoms with Gasteiger partial charge in [-0.05, 0) is 24.1 Å². The Morgan fingerprint density at radius 3 is 2.71 bits per heavy atom. The van der Waals surface area contributed by atoms with Crippen molar-refractivity contribution in [1.82, 2.24) is 4.90 Å². The molecule has 1 saturated heterocycles. The third kappa shape index (κ3) is 3.47. The lowest BCUT2D eigenvalue weighted by Crippen LogP contribution is -2.34. The zero-order valence-electron chi connectivity index (χ0n) is 11.8. The van der Waals surface area contributed by atoms with Gasteiger partial charge in [0, 0.05) is 17.6 Å². The summed E-state index contributed by atoms with van der Waals surface area (Å²) in [6, 6.07) is 4.98. The first-order valence-corrected chi connectivity index (χ1v) is 7.34. The topological polar surface area (TPSA) is 78.9 Å². The monoisotopic (exact) mass is 356 g/mol. The lowest BCUT2D eigenvalue weighted by molar-refractivity contribution is -0.142. The van der Waals surface area contributed by atoms with E-state index in [1.807, 2.05) is 13.0 Å². The van der Waals surface area contributed by atoms with Gasteiger partial charge in [-0.25, -0.2) is 4.79 Å². The van der Waals surface area contributed by atoms with E-state index in [-0.39, 0.29) is 18.5 Å². The van der Waals surface area contributed by atoms with Crippen LogP contribution in [0, 0.1) is 11.8 Å². The van der Waals surface area contributed by atoms with Crippen LogP contribution in [-0.4, -0.2) is 42.2 Å². The fourth-order valence-corrected chi connectivity index (χ4v) is 2.79. The number of benzene rings is 1. The standard InChI is InChI=1S/C14H17BrN2O4/c1-8-6-17(7-10(8)13(18)19)14(20)16-11-5-9(15)3-4-12(11)21-2/h3-5,8,10H,6-7H2,1-2H3,(H,16,20)(H,18,19). The average molecular weight is 357 g/mol. The van der Waals surface area contributed by atoms with Gasteiger partial charge >= 0.3 is 12.0 Å². The molecule has 2 amide bonds. The predicted molar refractivity (Wildman–Crippen MR) is 81.6 cm³/mol. The Morgan fingerprint density at radius 2 is 2.14 bits per heavy atom. The molecule has 2 rings (SSSR count). The van der Waals surface area contributed by atoms with Crippen molar-refractivity contribution in [1.29, 1.82) is 0 Å². The number of ether oxygens (including phenoxy) is 1. The molecule has 7 heteroatoms. The minimum absolute atomic E-state index is 0.0577. The van der Waals surface area contributed by atoms with Gasteiger partial charge in [0.2, 0.25) is 0 Å². The van der Waals surface area contributed by atoms with Gasteiger partial charge in [0.25, 0.3) is 0 Å². The number of carboxylic acid groups (broad SMARTS) is 1. The molecule has 0 spiro atoms.